The molecule has 2 heterocycles. The van der Waals surface area contributed by atoms with Gasteiger partial charge in [0.25, 0.3) is 6.10 Å². The van der Waals surface area contributed by atoms with E-state index in [9.17, 15) is 31.1 Å². The number of carbonyl (C=O) groups excluding carboxylic acids is 1. The van der Waals surface area contributed by atoms with E-state index in [1.807, 2.05) is 6.07 Å². The number of pyridine rings is 1. The first-order valence-corrected chi connectivity index (χ1v) is 9.70. The van der Waals surface area contributed by atoms with Crippen LogP contribution < -0.4 is 4.74 Å². The average Bonchev–Trinajstić information content (AvgIpc) is 2.76. The van der Waals surface area contributed by atoms with Crippen molar-refractivity contribution in [3.8, 4) is 23.2 Å². The summed E-state index contributed by atoms with van der Waals surface area (Å²) in [5, 5.41) is 9.02. The summed E-state index contributed by atoms with van der Waals surface area (Å²) in [5.74, 6) is 0.255. The van der Waals surface area contributed by atoms with E-state index >= 15 is 0 Å². The molecule has 6 nitrogen and oxygen atoms in total. The van der Waals surface area contributed by atoms with Gasteiger partial charge < -0.3 is 14.4 Å². The Morgan fingerprint density at radius 2 is 1.70 bits per heavy atom. The minimum Gasteiger partial charge on any atom is -0.474 e. The molecule has 1 amide bonds. The molecular weight excluding hydrogens is 456 g/mol. The van der Waals surface area contributed by atoms with Crippen LogP contribution >= 0.6 is 0 Å². The fourth-order valence-electron chi connectivity index (χ4n) is 3.21. The third-order valence-electron chi connectivity index (χ3n) is 4.81. The van der Waals surface area contributed by atoms with E-state index in [4.69, 9.17) is 10.00 Å². The number of carbonyl (C=O) groups is 1. The molecule has 0 saturated carbocycles. The molecular formula is C21H17F6N3O3. The number of aromatic nitrogens is 1. The molecule has 33 heavy (non-hydrogen) atoms. The van der Waals surface area contributed by atoms with Gasteiger partial charge in [-0.15, -0.1) is 0 Å². The van der Waals surface area contributed by atoms with Gasteiger partial charge in [0.2, 0.25) is 5.88 Å². The number of likely N-dealkylation sites (tertiary alicyclic amines) is 1. The van der Waals surface area contributed by atoms with Gasteiger partial charge in [-0.05, 0) is 18.2 Å². The smallest absolute Gasteiger partial charge is 0.434 e. The van der Waals surface area contributed by atoms with E-state index < -0.39 is 30.7 Å². The fourth-order valence-corrected chi connectivity index (χ4v) is 3.21. The lowest BCUT2D eigenvalue weighted by Crippen LogP contribution is -2.50. The number of nitriles is 1. The second kappa shape index (κ2) is 9.56. The molecule has 3 rings (SSSR count). The molecule has 176 valence electrons. The summed E-state index contributed by atoms with van der Waals surface area (Å²) in [5.41, 5.74) is 1.70. The lowest BCUT2D eigenvalue weighted by Gasteiger charge is -2.33. The summed E-state index contributed by atoms with van der Waals surface area (Å²) < 4.78 is 85.0. The molecule has 0 radical (unpaired) electrons. The SMILES string of the molecule is N#Cc1cccc(-c2cccc(OC3CCN(C(=O)OC(C(F)(F)F)C(F)(F)F)CC3)n2)c1. The third kappa shape index (κ3) is 6.27. The summed E-state index contributed by atoms with van der Waals surface area (Å²) in [6.07, 6.45) is -17.5. The minimum absolute atomic E-state index is 0.143. The molecule has 12 heteroatoms. The molecule has 1 aliphatic rings. The first-order chi connectivity index (χ1) is 15.5. The van der Waals surface area contributed by atoms with Crippen LogP contribution in [-0.2, 0) is 4.74 Å². The molecule has 0 N–H and O–H groups in total. The molecule has 1 aromatic carbocycles. The van der Waals surface area contributed by atoms with Crippen LogP contribution in [0.15, 0.2) is 42.5 Å². The molecule has 0 aliphatic carbocycles. The topological polar surface area (TPSA) is 75.5 Å². The van der Waals surface area contributed by atoms with Gasteiger partial charge in [0.05, 0.1) is 17.3 Å². The molecule has 1 aliphatic heterocycles. The van der Waals surface area contributed by atoms with Crippen molar-refractivity contribution in [2.24, 2.45) is 0 Å². The van der Waals surface area contributed by atoms with Crippen molar-refractivity contribution >= 4 is 6.09 Å². The number of rotatable bonds is 4. The lowest BCUT2D eigenvalue weighted by molar-refractivity contribution is -0.308. The Labute approximate surface area is 184 Å². The third-order valence-corrected chi connectivity index (χ3v) is 4.81. The normalized spacial score (nSPS) is 15.3. The van der Waals surface area contributed by atoms with Crippen LogP contribution in [0.1, 0.15) is 18.4 Å². The summed E-state index contributed by atoms with van der Waals surface area (Å²) >= 11 is 0. The van der Waals surface area contributed by atoms with Crippen molar-refractivity contribution in [2.75, 3.05) is 13.1 Å². The summed E-state index contributed by atoms with van der Waals surface area (Å²) in [6.45, 7) is -0.286. The van der Waals surface area contributed by atoms with Crippen molar-refractivity contribution in [3.63, 3.8) is 0 Å². The average molecular weight is 473 g/mol. The minimum atomic E-state index is -5.77. The van der Waals surface area contributed by atoms with Crippen molar-refractivity contribution in [1.29, 1.82) is 5.26 Å². The van der Waals surface area contributed by atoms with Crippen molar-refractivity contribution < 1.29 is 40.6 Å². The number of hydrogen-bond donors (Lipinski definition) is 0. The molecule has 1 fully saturated rings. The van der Waals surface area contributed by atoms with Crippen LogP contribution in [0, 0.1) is 11.3 Å². The number of hydrogen-bond acceptors (Lipinski definition) is 5. The van der Waals surface area contributed by atoms with Crippen LogP contribution in [0.3, 0.4) is 0 Å². The zero-order chi connectivity index (χ0) is 24.2. The van der Waals surface area contributed by atoms with Crippen molar-refractivity contribution in [1.82, 2.24) is 9.88 Å². The van der Waals surface area contributed by atoms with Crippen LogP contribution in [0.2, 0.25) is 0 Å². The standard InChI is InChI=1S/C21H17F6N3O3/c22-20(23,24)18(21(25,26)27)33-19(31)30-9-7-15(8-10-30)32-17-6-2-5-16(29-17)14-4-1-3-13(11-14)12-28/h1-6,11,15,18H,7-10H2. The van der Waals surface area contributed by atoms with Gasteiger partial charge in [-0.2, -0.15) is 31.6 Å². The highest BCUT2D eigenvalue weighted by atomic mass is 19.4. The largest absolute Gasteiger partial charge is 0.474 e. The molecule has 0 unspecified atom stereocenters. The number of halogens is 6. The number of piperidine rings is 1. The maximum atomic E-state index is 12.6. The second-order valence-electron chi connectivity index (χ2n) is 7.20. The Morgan fingerprint density at radius 1 is 1.06 bits per heavy atom. The van der Waals surface area contributed by atoms with Gasteiger partial charge in [0, 0.05) is 37.6 Å². The molecule has 0 bridgehead atoms. The van der Waals surface area contributed by atoms with E-state index in [1.54, 1.807) is 42.5 Å². The molecule has 1 aromatic heterocycles. The maximum absolute atomic E-state index is 12.6. The first kappa shape index (κ1) is 24.2. The molecule has 2 aromatic rings. The Hall–Kier alpha value is -3.49. The Kier molecular flexibility index (Phi) is 7.00. The highest BCUT2D eigenvalue weighted by Gasteiger charge is 2.60. The van der Waals surface area contributed by atoms with Gasteiger partial charge >= 0.3 is 18.4 Å². The predicted octanol–water partition coefficient (Wildman–Crippen LogP) is 5.09. The summed E-state index contributed by atoms with van der Waals surface area (Å²) in [4.78, 5) is 17.0. The van der Waals surface area contributed by atoms with Crippen LogP contribution in [0.4, 0.5) is 31.1 Å². The fraction of sp³-hybridized carbons (Fsp3) is 0.381. The Balaban J connectivity index is 1.58. The first-order valence-electron chi connectivity index (χ1n) is 9.70. The quantitative estimate of drug-likeness (QED) is 0.578. The van der Waals surface area contributed by atoms with Gasteiger partial charge in [-0.3, -0.25) is 0 Å². The Bertz CT molecular complexity index is 1010. The van der Waals surface area contributed by atoms with E-state index in [2.05, 4.69) is 9.72 Å². The zero-order valence-electron chi connectivity index (χ0n) is 16.9. The maximum Gasteiger partial charge on any atom is 0.434 e. The Morgan fingerprint density at radius 3 is 2.30 bits per heavy atom. The van der Waals surface area contributed by atoms with E-state index in [1.165, 1.54) is 0 Å². The van der Waals surface area contributed by atoms with E-state index in [0.717, 1.165) is 4.90 Å². The van der Waals surface area contributed by atoms with Gasteiger partial charge in [0.1, 0.15) is 6.10 Å². The molecule has 0 spiro atoms. The monoisotopic (exact) mass is 473 g/mol. The number of amides is 1. The van der Waals surface area contributed by atoms with Crippen LogP contribution in [0.5, 0.6) is 5.88 Å². The predicted molar refractivity (Wildman–Crippen MR) is 102 cm³/mol. The zero-order valence-corrected chi connectivity index (χ0v) is 16.9. The summed E-state index contributed by atoms with van der Waals surface area (Å²) in [6, 6.07) is 13.8. The number of nitrogens with zero attached hydrogens (tertiary/aromatic N) is 3. The highest BCUT2D eigenvalue weighted by Crippen LogP contribution is 2.36. The number of alkyl halides is 6. The van der Waals surface area contributed by atoms with Crippen molar-refractivity contribution in [3.05, 3.63) is 48.0 Å². The second-order valence-corrected chi connectivity index (χ2v) is 7.20. The van der Waals surface area contributed by atoms with Crippen LogP contribution in [-0.4, -0.2) is 53.6 Å². The summed E-state index contributed by atoms with van der Waals surface area (Å²) in [7, 11) is 0. The molecule has 0 atom stereocenters. The van der Waals surface area contributed by atoms with E-state index in [0.29, 0.717) is 16.8 Å². The van der Waals surface area contributed by atoms with Gasteiger partial charge in [0.15, 0.2) is 0 Å². The van der Waals surface area contributed by atoms with E-state index in [-0.39, 0.29) is 31.8 Å². The van der Waals surface area contributed by atoms with Gasteiger partial charge in [-0.1, -0.05) is 18.2 Å². The molecule has 1 saturated heterocycles. The van der Waals surface area contributed by atoms with Gasteiger partial charge in [-0.25, -0.2) is 9.78 Å². The highest BCUT2D eigenvalue weighted by molar-refractivity contribution is 5.68. The van der Waals surface area contributed by atoms with Crippen molar-refractivity contribution in [2.45, 2.75) is 37.4 Å². The number of ether oxygens (including phenoxy) is 2. The number of benzene rings is 1. The lowest BCUT2D eigenvalue weighted by atomic mass is 10.1. The van der Waals surface area contributed by atoms with Crippen LogP contribution in [0.25, 0.3) is 11.3 Å².